The van der Waals surface area contributed by atoms with Gasteiger partial charge in [-0.3, -0.25) is 4.98 Å². The Labute approximate surface area is 446 Å². The van der Waals surface area contributed by atoms with Crippen molar-refractivity contribution in [1.29, 1.82) is 0 Å². The second-order valence-corrected chi connectivity index (χ2v) is 15.3. The summed E-state index contributed by atoms with van der Waals surface area (Å²) >= 11 is 0. The van der Waals surface area contributed by atoms with E-state index in [-0.39, 0.29) is 49.4 Å². The van der Waals surface area contributed by atoms with Gasteiger partial charge in [-0.15, -0.1) is 0 Å². The molecule has 14 rings (SSSR count). The fraction of sp³-hybridized carbons (Fsp3) is 0. The molecule has 0 unspecified atom stereocenters. The largest absolute Gasteiger partial charge is 0.455 e. The third kappa shape index (κ3) is 6.21. The Bertz CT molecular complexity index is 6400. The maximum Gasteiger partial charge on any atom is 0.143 e. The molecule has 14 aromatic rings. The van der Waals surface area contributed by atoms with Crippen LogP contribution in [0.5, 0.6) is 0 Å². The lowest BCUT2D eigenvalue weighted by Crippen LogP contribution is -1.92. The molecule has 3 heterocycles. The van der Waals surface area contributed by atoms with Crippen LogP contribution < -0.4 is 0 Å². The maximum atomic E-state index is 10.5. The van der Waals surface area contributed by atoms with Crippen LogP contribution in [0.15, 0.2) is 246 Å². The molecule has 0 fully saturated rings. The molecule has 0 saturated carbocycles. The van der Waals surface area contributed by atoms with Crippen LogP contribution in [0.1, 0.15) is 46.6 Å². The lowest BCUT2D eigenvalue weighted by molar-refractivity contribution is 0.600. The Hall–Kier alpha value is -9.18. The van der Waals surface area contributed by atoms with Crippen molar-refractivity contribution in [1.82, 2.24) is 9.97 Å². The number of hydrogen-bond donors (Lipinski definition) is 0. The molecule has 3 heteroatoms. The molecule has 0 radical (unpaired) electrons. The predicted octanol–water partition coefficient (Wildman–Crippen LogP) is 18.1. The number of pyridine rings is 2. The first-order valence-corrected chi connectivity index (χ1v) is 20.8. The van der Waals surface area contributed by atoms with Gasteiger partial charge in [0.2, 0.25) is 0 Å². The summed E-state index contributed by atoms with van der Waals surface area (Å²) in [6.45, 7) is 0. The molecule has 11 aromatic carbocycles. The SMILES string of the molecule is [2H]c1nc2c(c([2H])c1[2H])c([2H])c([2H])c1c([2H])c([2H])c(-c3ccc(-c4c([2H])c([2H])c(-c5oc(-c6c([2H])c([2H])c([2H])c7c([2H])c([2H])c([2H])c([2H])c67)c(-c6c([2H])c([2H])c([2H])c7c([2H])c([2H])c([2H])c([2H])c67)c5-c5c([2H])c([2H])c([2H])c6c([2H])c([2H])c([2H])c([2H])c56)c5c([2H])c([2H])c([2H])c([2H])c45)c4ccccc34)nc12. The van der Waals surface area contributed by atoms with Crippen LogP contribution in [0.4, 0.5) is 0 Å². The number of benzene rings is 11. The van der Waals surface area contributed by atoms with Crippen molar-refractivity contribution in [2.24, 2.45) is 0 Å². The van der Waals surface area contributed by atoms with Crippen LogP contribution in [0.3, 0.4) is 0 Å². The molecule has 0 atom stereocenters. The highest BCUT2D eigenvalue weighted by atomic mass is 16.3. The quantitative estimate of drug-likeness (QED) is 0.156. The van der Waals surface area contributed by atoms with Gasteiger partial charge >= 0.3 is 0 Å². The lowest BCUT2D eigenvalue weighted by atomic mass is 9.85. The van der Waals surface area contributed by atoms with E-state index >= 15 is 0 Å². The van der Waals surface area contributed by atoms with Crippen molar-refractivity contribution in [3.8, 4) is 67.3 Å². The standard InChI is InChI=1S/C66H40N2O/c1-4-22-46-41(15-1)18-11-29-56(46)61-62(57-30-12-19-42-16-2-5-23-47(42)57)66(69-65(61)58-31-13-20-43-17-3-6-24-48(43)58)59-38-36-54(50-26-8-10-28-52(50)59)53-35-37-55(51-27-9-7-25-49(51)53)60-39-34-45-33-32-44-21-14-40-67-63(44)64(45)68-60/h1-40H/i1D,2D,3D,4D,5D,6D,8D,10D,11D,12D,13D,14D,15D,16D,17D,18D,19D,20D,21D,22D,23D,24D,26D,28D,29D,30D,31D,32D,33D,34D,36D,38D,39D,40D. The molecule has 0 saturated heterocycles. The molecule has 0 amide bonds. The average molecular weight is 911 g/mol. The van der Waals surface area contributed by atoms with Gasteiger partial charge in [-0.05, 0) is 94.2 Å². The average Bonchev–Trinajstić information content (AvgIpc) is 1.60. The van der Waals surface area contributed by atoms with Crippen molar-refractivity contribution >= 4 is 75.7 Å². The van der Waals surface area contributed by atoms with Crippen molar-refractivity contribution in [3.05, 3.63) is 242 Å². The van der Waals surface area contributed by atoms with Gasteiger partial charge in [-0.1, -0.05) is 218 Å². The fourth-order valence-corrected chi connectivity index (χ4v) is 8.72. The summed E-state index contributed by atoms with van der Waals surface area (Å²) in [4.78, 5) is 8.86. The minimum absolute atomic E-state index is 0.0501. The Morgan fingerprint density at radius 2 is 0.754 bits per heavy atom. The molecule has 0 aliphatic heterocycles. The van der Waals surface area contributed by atoms with Crippen molar-refractivity contribution in [3.63, 3.8) is 0 Å². The third-order valence-electron chi connectivity index (χ3n) is 11.7. The Morgan fingerprint density at radius 3 is 1.39 bits per heavy atom. The van der Waals surface area contributed by atoms with Gasteiger partial charge in [-0.25, -0.2) is 4.98 Å². The Balaban J connectivity index is 1.24. The zero-order valence-electron chi connectivity index (χ0n) is 68.8. The second-order valence-electron chi connectivity index (χ2n) is 15.3. The maximum absolute atomic E-state index is 10.5. The second kappa shape index (κ2) is 15.7. The molecule has 3 nitrogen and oxygen atoms in total. The molecule has 0 spiro atoms. The first kappa shape index (κ1) is 18.1. The van der Waals surface area contributed by atoms with Gasteiger partial charge in [0.1, 0.15) is 11.5 Å². The molecular weight excluding hydrogens is 837 g/mol. The lowest BCUT2D eigenvalue weighted by Gasteiger charge is -2.16. The molecule has 3 aromatic heterocycles. The van der Waals surface area contributed by atoms with Gasteiger partial charge < -0.3 is 4.42 Å². The summed E-state index contributed by atoms with van der Waals surface area (Å²) in [5.41, 5.74) is -7.22. The summed E-state index contributed by atoms with van der Waals surface area (Å²) in [7, 11) is 0. The zero-order chi connectivity index (χ0) is 75.0. The van der Waals surface area contributed by atoms with Crippen LogP contribution in [0, 0.1) is 0 Å². The van der Waals surface area contributed by atoms with E-state index in [1.54, 1.807) is 0 Å². The fourth-order valence-electron chi connectivity index (χ4n) is 8.72. The van der Waals surface area contributed by atoms with E-state index in [0.29, 0.717) is 0 Å². The van der Waals surface area contributed by atoms with E-state index in [2.05, 4.69) is 4.98 Å². The van der Waals surface area contributed by atoms with Crippen molar-refractivity contribution in [2.45, 2.75) is 0 Å². The topological polar surface area (TPSA) is 38.9 Å². The van der Waals surface area contributed by atoms with Gasteiger partial charge in [0.15, 0.2) is 0 Å². The summed E-state index contributed by atoms with van der Waals surface area (Å²) in [6.07, 6.45) is -0.695. The van der Waals surface area contributed by atoms with Crippen LogP contribution >= 0.6 is 0 Å². The number of aromatic nitrogens is 2. The van der Waals surface area contributed by atoms with Crippen LogP contribution in [-0.2, 0) is 0 Å². The zero-order valence-corrected chi connectivity index (χ0v) is 34.8. The smallest absolute Gasteiger partial charge is 0.143 e. The van der Waals surface area contributed by atoms with Gasteiger partial charge in [0.25, 0.3) is 0 Å². The minimum atomic E-state index is -1.19. The van der Waals surface area contributed by atoms with E-state index in [1.807, 2.05) is 0 Å². The number of fused-ring (bicyclic) bond motifs is 8. The van der Waals surface area contributed by atoms with E-state index in [1.165, 1.54) is 36.4 Å². The number of hydrogen-bond acceptors (Lipinski definition) is 3. The van der Waals surface area contributed by atoms with E-state index in [0.717, 1.165) is 0 Å². The summed E-state index contributed by atoms with van der Waals surface area (Å²) in [6, 6.07) is -23.4. The number of furan rings is 1. The third-order valence-corrected chi connectivity index (χ3v) is 11.7. The monoisotopic (exact) mass is 911 g/mol. The summed E-state index contributed by atoms with van der Waals surface area (Å²) < 4.78 is 323. The van der Waals surface area contributed by atoms with E-state index in [9.17, 15) is 28.8 Å². The minimum Gasteiger partial charge on any atom is -0.455 e. The van der Waals surface area contributed by atoms with Crippen molar-refractivity contribution < 1.29 is 51.0 Å². The van der Waals surface area contributed by atoms with Crippen LogP contribution in [-0.4, -0.2) is 9.97 Å². The van der Waals surface area contributed by atoms with Crippen LogP contribution in [0.2, 0.25) is 0 Å². The highest BCUT2D eigenvalue weighted by Gasteiger charge is 2.29. The van der Waals surface area contributed by atoms with Gasteiger partial charge in [0, 0.05) is 44.8 Å². The first-order chi connectivity index (χ1) is 48.4. The molecule has 320 valence electrons. The molecule has 0 aliphatic carbocycles. The molecule has 69 heavy (non-hydrogen) atoms. The number of nitrogens with zero attached hydrogens (tertiary/aromatic N) is 2. The van der Waals surface area contributed by atoms with E-state index in [4.69, 9.17) is 27.2 Å². The highest BCUT2D eigenvalue weighted by Crippen LogP contribution is 2.54. The number of rotatable bonds is 6. The van der Waals surface area contributed by atoms with E-state index < -0.39 is 299 Å². The Kier molecular flexibility index (Phi) is 4.13. The van der Waals surface area contributed by atoms with Gasteiger partial charge in [0.05, 0.1) is 63.3 Å². The Morgan fingerprint density at radius 1 is 0.304 bits per heavy atom. The van der Waals surface area contributed by atoms with Crippen molar-refractivity contribution in [2.75, 3.05) is 0 Å². The highest BCUT2D eigenvalue weighted by molar-refractivity contribution is 6.17. The summed E-state index contributed by atoms with van der Waals surface area (Å²) in [5.74, 6) is -2.20. The molecule has 0 N–H and O–H groups in total. The first-order valence-electron chi connectivity index (χ1n) is 37.8. The van der Waals surface area contributed by atoms with Gasteiger partial charge in [-0.2, -0.15) is 0 Å². The normalized spacial score (nSPS) is 18.7. The molecular formula is C66H40N2O. The predicted molar refractivity (Wildman–Crippen MR) is 289 cm³/mol. The molecule has 0 aliphatic rings. The molecule has 0 bridgehead atoms. The summed E-state index contributed by atoms with van der Waals surface area (Å²) in [5, 5.41) is -6.81. The van der Waals surface area contributed by atoms with Crippen LogP contribution in [0.25, 0.3) is 143 Å².